The van der Waals surface area contributed by atoms with E-state index >= 15 is 0 Å². The number of benzene rings is 3. The number of nitrogen functional groups attached to an aromatic ring is 1. The fourth-order valence-electron chi connectivity index (χ4n) is 2.61. The van der Waals surface area contributed by atoms with Gasteiger partial charge in [-0.3, -0.25) is 4.79 Å². The smallest absolute Gasteiger partial charge is 0.267 e. The van der Waals surface area contributed by atoms with Crippen molar-refractivity contribution in [3.05, 3.63) is 89.9 Å². The molecule has 4 rings (SSSR count). The van der Waals surface area contributed by atoms with Gasteiger partial charge in [0, 0.05) is 16.9 Å². The Morgan fingerprint density at radius 2 is 1.68 bits per heavy atom. The Bertz CT molecular complexity index is 1090. The van der Waals surface area contributed by atoms with Gasteiger partial charge < -0.3 is 15.8 Å². The van der Waals surface area contributed by atoms with Crippen LogP contribution < -0.4 is 15.8 Å². The lowest BCUT2D eigenvalue weighted by Gasteiger charge is -2.07. The van der Waals surface area contributed by atoms with Crippen molar-refractivity contribution in [3.63, 3.8) is 0 Å². The van der Waals surface area contributed by atoms with Gasteiger partial charge in [-0.1, -0.05) is 30.3 Å². The van der Waals surface area contributed by atoms with Crippen molar-refractivity contribution in [2.45, 2.75) is 0 Å². The molecule has 6 heteroatoms. The van der Waals surface area contributed by atoms with Crippen LogP contribution in [0.4, 0.5) is 11.4 Å². The minimum atomic E-state index is -0.204. The molecule has 0 radical (unpaired) electrons. The summed E-state index contributed by atoms with van der Waals surface area (Å²) in [5, 5.41) is 3.63. The van der Waals surface area contributed by atoms with Gasteiger partial charge in [0.05, 0.1) is 6.20 Å². The van der Waals surface area contributed by atoms with Crippen molar-refractivity contribution in [3.8, 4) is 22.1 Å². The molecule has 0 fully saturated rings. The van der Waals surface area contributed by atoms with E-state index in [1.807, 2.05) is 66.7 Å². The summed E-state index contributed by atoms with van der Waals surface area (Å²) < 4.78 is 5.75. The summed E-state index contributed by atoms with van der Waals surface area (Å²) >= 11 is 1.32. The molecule has 0 bridgehead atoms. The predicted molar refractivity (Wildman–Crippen MR) is 113 cm³/mol. The fraction of sp³-hybridized carbons (Fsp3) is 0. The molecule has 5 nitrogen and oxygen atoms in total. The number of ether oxygens (including phenoxy) is 1. The van der Waals surface area contributed by atoms with Crippen molar-refractivity contribution in [1.82, 2.24) is 4.98 Å². The van der Waals surface area contributed by atoms with Gasteiger partial charge in [0.15, 0.2) is 0 Å². The van der Waals surface area contributed by atoms with Gasteiger partial charge in [-0.25, -0.2) is 4.98 Å². The quantitative estimate of drug-likeness (QED) is 0.447. The molecule has 0 aliphatic heterocycles. The minimum absolute atomic E-state index is 0.204. The van der Waals surface area contributed by atoms with Crippen LogP contribution in [0.5, 0.6) is 11.5 Å². The number of nitrogens with zero attached hydrogens (tertiary/aromatic N) is 1. The number of para-hydroxylation sites is 1. The highest BCUT2D eigenvalue weighted by atomic mass is 32.1. The number of thiazole rings is 1. The van der Waals surface area contributed by atoms with E-state index in [4.69, 9.17) is 10.5 Å². The Morgan fingerprint density at radius 1 is 0.929 bits per heavy atom. The molecule has 138 valence electrons. The average molecular weight is 387 g/mol. The maximum absolute atomic E-state index is 12.5. The second-order valence-electron chi connectivity index (χ2n) is 6.05. The van der Waals surface area contributed by atoms with Gasteiger partial charge in [-0.2, -0.15) is 0 Å². The Labute approximate surface area is 166 Å². The number of nitrogens with one attached hydrogen (secondary N) is 1. The van der Waals surface area contributed by atoms with E-state index < -0.39 is 0 Å². The second kappa shape index (κ2) is 7.94. The highest BCUT2D eigenvalue weighted by Gasteiger charge is 2.12. The number of carbonyl (C=O) groups is 1. The first-order chi connectivity index (χ1) is 13.7. The topological polar surface area (TPSA) is 77.2 Å². The third kappa shape index (κ3) is 4.19. The zero-order valence-corrected chi connectivity index (χ0v) is 15.6. The molecule has 0 saturated heterocycles. The van der Waals surface area contributed by atoms with Crippen LogP contribution in [0.15, 0.2) is 85.1 Å². The van der Waals surface area contributed by atoms with E-state index in [-0.39, 0.29) is 5.91 Å². The number of aromatic nitrogens is 1. The van der Waals surface area contributed by atoms with Crippen molar-refractivity contribution in [2.24, 2.45) is 0 Å². The Balaban J connectivity index is 1.42. The maximum atomic E-state index is 12.5. The normalized spacial score (nSPS) is 10.4. The van der Waals surface area contributed by atoms with E-state index in [0.717, 1.165) is 16.3 Å². The van der Waals surface area contributed by atoms with Gasteiger partial charge in [0.25, 0.3) is 5.91 Å². The lowest BCUT2D eigenvalue weighted by molar-refractivity contribution is 0.103. The van der Waals surface area contributed by atoms with Crippen molar-refractivity contribution >= 4 is 28.6 Å². The van der Waals surface area contributed by atoms with Crippen molar-refractivity contribution in [1.29, 1.82) is 0 Å². The van der Waals surface area contributed by atoms with E-state index in [1.54, 1.807) is 18.3 Å². The van der Waals surface area contributed by atoms with E-state index in [1.165, 1.54) is 11.3 Å². The van der Waals surface area contributed by atoms with Crippen LogP contribution in [-0.4, -0.2) is 10.9 Å². The molecule has 1 amide bonds. The number of anilines is 2. The minimum Gasteiger partial charge on any atom is -0.457 e. The van der Waals surface area contributed by atoms with Gasteiger partial charge in [-0.15, -0.1) is 11.3 Å². The molecule has 3 N–H and O–H groups in total. The van der Waals surface area contributed by atoms with Crippen LogP contribution in [0.2, 0.25) is 0 Å². The lowest BCUT2D eigenvalue weighted by Crippen LogP contribution is -2.09. The van der Waals surface area contributed by atoms with Crippen molar-refractivity contribution < 1.29 is 9.53 Å². The predicted octanol–water partition coefficient (Wildman–Crippen LogP) is 5.44. The molecule has 0 spiro atoms. The monoisotopic (exact) mass is 387 g/mol. The highest BCUT2D eigenvalue weighted by molar-refractivity contribution is 7.17. The zero-order chi connectivity index (χ0) is 19.3. The fourth-order valence-corrected chi connectivity index (χ4v) is 3.42. The summed E-state index contributed by atoms with van der Waals surface area (Å²) in [5.41, 5.74) is 8.06. The molecule has 0 aliphatic rings. The molecule has 4 aromatic rings. The van der Waals surface area contributed by atoms with E-state index in [9.17, 15) is 4.79 Å². The number of hydrogen-bond acceptors (Lipinski definition) is 5. The molecule has 0 unspecified atom stereocenters. The number of carbonyl (C=O) groups excluding carboxylic acids is 1. The van der Waals surface area contributed by atoms with Crippen LogP contribution in [0.3, 0.4) is 0 Å². The summed E-state index contributed by atoms with van der Waals surface area (Å²) in [6.45, 7) is 0. The molecular weight excluding hydrogens is 370 g/mol. The Morgan fingerprint density at radius 3 is 2.43 bits per heavy atom. The first-order valence-electron chi connectivity index (χ1n) is 8.63. The molecule has 3 aromatic carbocycles. The first kappa shape index (κ1) is 17.8. The van der Waals surface area contributed by atoms with E-state index in [2.05, 4.69) is 10.3 Å². The molecule has 28 heavy (non-hydrogen) atoms. The summed E-state index contributed by atoms with van der Waals surface area (Å²) in [5.74, 6) is 1.26. The summed E-state index contributed by atoms with van der Waals surface area (Å²) in [4.78, 5) is 17.4. The molecule has 1 heterocycles. The molecule has 0 aliphatic carbocycles. The SMILES string of the molecule is Nc1cccc(-c2ncc(C(=O)Nc3ccc(Oc4ccccc4)cc3)s2)c1. The van der Waals surface area contributed by atoms with Gasteiger partial charge in [0.2, 0.25) is 0 Å². The van der Waals surface area contributed by atoms with Crippen LogP contribution in [0.25, 0.3) is 10.6 Å². The number of rotatable bonds is 5. The summed E-state index contributed by atoms with van der Waals surface area (Å²) in [6, 6.07) is 24.2. The van der Waals surface area contributed by atoms with Crippen LogP contribution in [0.1, 0.15) is 9.67 Å². The highest BCUT2D eigenvalue weighted by Crippen LogP contribution is 2.27. The van der Waals surface area contributed by atoms with E-state index in [0.29, 0.717) is 22.0 Å². The van der Waals surface area contributed by atoms with Crippen LogP contribution in [0, 0.1) is 0 Å². The Kier molecular flexibility index (Phi) is 5.03. The third-order valence-electron chi connectivity index (χ3n) is 3.95. The standard InChI is InChI=1S/C22H17N3O2S/c23-16-6-4-5-15(13-16)22-24-14-20(28-22)21(26)25-17-9-11-19(12-10-17)27-18-7-2-1-3-8-18/h1-14H,23H2,(H,25,26). The largest absolute Gasteiger partial charge is 0.457 e. The second-order valence-corrected chi connectivity index (χ2v) is 7.08. The summed E-state index contributed by atoms with van der Waals surface area (Å²) in [6.07, 6.45) is 1.57. The van der Waals surface area contributed by atoms with Gasteiger partial charge >= 0.3 is 0 Å². The van der Waals surface area contributed by atoms with Crippen molar-refractivity contribution in [2.75, 3.05) is 11.1 Å². The number of hydrogen-bond donors (Lipinski definition) is 2. The summed E-state index contributed by atoms with van der Waals surface area (Å²) in [7, 11) is 0. The Hall–Kier alpha value is -3.64. The zero-order valence-electron chi connectivity index (χ0n) is 14.8. The maximum Gasteiger partial charge on any atom is 0.267 e. The third-order valence-corrected chi connectivity index (χ3v) is 5.00. The van der Waals surface area contributed by atoms with Gasteiger partial charge in [-0.05, 0) is 48.5 Å². The number of amides is 1. The lowest BCUT2D eigenvalue weighted by atomic mass is 10.2. The molecule has 0 saturated carbocycles. The first-order valence-corrected chi connectivity index (χ1v) is 9.45. The molecule has 1 aromatic heterocycles. The average Bonchev–Trinajstić information content (AvgIpc) is 3.21. The molecular formula is C22H17N3O2S. The van der Waals surface area contributed by atoms with Crippen LogP contribution >= 0.6 is 11.3 Å². The number of nitrogens with two attached hydrogens (primary N) is 1. The molecule has 0 atom stereocenters. The van der Waals surface area contributed by atoms with Crippen LogP contribution in [-0.2, 0) is 0 Å². The van der Waals surface area contributed by atoms with Gasteiger partial charge in [0.1, 0.15) is 21.4 Å².